The van der Waals surface area contributed by atoms with Crippen LogP contribution in [0.3, 0.4) is 0 Å². The van der Waals surface area contributed by atoms with Crippen LogP contribution in [-0.4, -0.2) is 34.5 Å². The number of aromatic nitrogens is 3. The predicted octanol–water partition coefficient (Wildman–Crippen LogP) is 4.76. The van der Waals surface area contributed by atoms with E-state index in [1.54, 1.807) is 20.4 Å². The Hall–Kier alpha value is -3.65. The maximum Gasteiger partial charge on any atom is 0.181 e. The second kappa shape index (κ2) is 8.38. The van der Waals surface area contributed by atoms with E-state index in [4.69, 9.17) is 21.7 Å². The smallest absolute Gasteiger partial charge is 0.181 e. The maximum atomic E-state index is 5.44. The van der Waals surface area contributed by atoms with Crippen LogP contribution in [0.2, 0.25) is 0 Å². The molecule has 0 fully saturated rings. The van der Waals surface area contributed by atoms with Crippen LogP contribution in [0.4, 0.5) is 11.4 Å². The number of rotatable bonds is 5. The summed E-state index contributed by atoms with van der Waals surface area (Å²) in [5, 5.41) is 15.1. The van der Waals surface area contributed by atoms with Crippen molar-refractivity contribution in [1.82, 2.24) is 15.2 Å². The lowest BCUT2D eigenvalue weighted by Crippen LogP contribution is -2.19. The molecule has 0 aliphatic carbocycles. The number of hydrogen-bond donors (Lipinski definition) is 3. The summed E-state index contributed by atoms with van der Waals surface area (Å²) in [4.78, 5) is 4.31. The normalized spacial score (nSPS) is 10.6. The summed E-state index contributed by atoms with van der Waals surface area (Å²) in [5.41, 5.74) is 5.56. The first-order chi connectivity index (χ1) is 14.6. The number of anilines is 2. The van der Waals surface area contributed by atoms with Crippen molar-refractivity contribution in [3.05, 3.63) is 60.4 Å². The van der Waals surface area contributed by atoms with Crippen LogP contribution in [0.1, 0.15) is 5.69 Å². The molecule has 30 heavy (non-hydrogen) atoms. The lowest BCUT2D eigenvalue weighted by atomic mass is 10.0. The van der Waals surface area contributed by atoms with Gasteiger partial charge in [0.1, 0.15) is 0 Å². The topological polar surface area (TPSA) is 84.1 Å². The number of ether oxygens (including phenoxy) is 2. The van der Waals surface area contributed by atoms with Gasteiger partial charge in [0, 0.05) is 34.7 Å². The Kier molecular flexibility index (Phi) is 5.49. The number of H-pyrrole nitrogens is 1. The van der Waals surface area contributed by atoms with Crippen molar-refractivity contribution in [2.45, 2.75) is 6.92 Å². The van der Waals surface area contributed by atoms with Crippen molar-refractivity contribution in [1.29, 1.82) is 0 Å². The summed E-state index contributed by atoms with van der Waals surface area (Å²) < 4.78 is 10.6. The average Bonchev–Trinajstić information content (AvgIpc) is 3.15. The molecule has 3 N–H and O–H groups in total. The van der Waals surface area contributed by atoms with Crippen molar-refractivity contribution in [3.8, 4) is 22.6 Å². The summed E-state index contributed by atoms with van der Waals surface area (Å²) in [6.07, 6.45) is 1.77. The molecule has 0 radical (unpaired) electrons. The molecule has 7 nitrogen and oxygen atoms in total. The fraction of sp³-hybridized carbons (Fsp3) is 0.136. The fourth-order valence-electron chi connectivity index (χ4n) is 3.28. The Balaban J connectivity index is 1.48. The summed E-state index contributed by atoms with van der Waals surface area (Å²) in [5.74, 6) is 1.29. The van der Waals surface area contributed by atoms with E-state index in [9.17, 15) is 0 Å². The van der Waals surface area contributed by atoms with Crippen molar-refractivity contribution >= 4 is 39.7 Å². The Morgan fingerprint density at radius 3 is 2.37 bits per heavy atom. The van der Waals surface area contributed by atoms with E-state index in [1.165, 1.54) is 0 Å². The SMILES string of the molecule is COc1ccc(NC(=S)Nc2ccc(-c3ccnc4n[nH]c(C)c34)cc2)cc1OC. The highest BCUT2D eigenvalue weighted by Crippen LogP contribution is 2.31. The third-order valence-electron chi connectivity index (χ3n) is 4.73. The highest BCUT2D eigenvalue weighted by molar-refractivity contribution is 7.80. The molecule has 8 heteroatoms. The number of aromatic amines is 1. The lowest BCUT2D eigenvalue weighted by molar-refractivity contribution is 0.355. The van der Waals surface area contributed by atoms with Gasteiger partial charge < -0.3 is 20.1 Å². The minimum absolute atomic E-state index is 0.479. The highest BCUT2D eigenvalue weighted by atomic mass is 32.1. The molecule has 0 aliphatic rings. The van der Waals surface area contributed by atoms with Gasteiger partial charge in [-0.2, -0.15) is 5.10 Å². The number of thiocarbonyl (C=S) groups is 1. The van der Waals surface area contributed by atoms with Crippen molar-refractivity contribution in [3.63, 3.8) is 0 Å². The first-order valence-corrected chi connectivity index (χ1v) is 9.70. The minimum Gasteiger partial charge on any atom is -0.493 e. The Labute approximate surface area is 179 Å². The third kappa shape index (κ3) is 3.90. The van der Waals surface area contributed by atoms with Crippen LogP contribution in [0.15, 0.2) is 54.7 Å². The molecule has 0 atom stereocenters. The zero-order valence-electron chi connectivity index (χ0n) is 16.8. The standard InChI is InChI=1S/C22H21N5O2S/c1-13-20-17(10-11-23-21(20)27-26-13)14-4-6-15(7-5-14)24-22(30)25-16-8-9-18(28-2)19(12-16)29-3/h4-12H,1-3H3,(H,23,26,27)(H2,24,25,30). The molecule has 2 heterocycles. The number of hydrogen-bond acceptors (Lipinski definition) is 5. The van der Waals surface area contributed by atoms with Gasteiger partial charge in [0.25, 0.3) is 0 Å². The van der Waals surface area contributed by atoms with Gasteiger partial charge in [-0.25, -0.2) is 4.98 Å². The minimum atomic E-state index is 0.479. The number of methoxy groups -OCH3 is 2. The van der Waals surface area contributed by atoms with Gasteiger partial charge in [-0.15, -0.1) is 0 Å². The molecule has 0 unspecified atom stereocenters. The van der Waals surface area contributed by atoms with E-state index in [1.807, 2.05) is 55.5 Å². The second-order valence-electron chi connectivity index (χ2n) is 6.63. The molecule has 152 valence electrons. The molecule has 4 aromatic rings. The molecular formula is C22H21N5O2S. The first kappa shape index (κ1) is 19.7. The lowest BCUT2D eigenvalue weighted by Gasteiger charge is -2.13. The molecule has 0 saturated heterocycles. The number of nitrogens with one attached hydrogen (secondary N) is 3. The van der Waals surface area contributed by atoms with E-state index in [0.29, 0.717) is 22.3 Å². The van der Waals surface area contributed by atoms with Crippen molar-refractivity contribution in [2.24, 2.45) is 0 Å². The van der Waals surface area contributed by atoms with Gasteiger partial charge >= 0.3 is 0 Å². The fourth-order valence-corrected chi connectivity index (χ4v) is 3.51. The summed E-state index contributed by atoms with van der Waals surface area (Å²) in [6.45, 7) is 1.99. The Morgan fingerprint density at radius 1 is 0.933 bits per heavy atom. The summed E-state index contributed by atoms with van der Waals surface area (Å²) in [6, 6.07) is 15.6. The van der Waals surface area contributed by atoms with Gasteiger partial charge in [-0.1, -0.05) is 12.1 Å². The van der Waals surface area contributed by atoms with Gasteiger partial charge in [-0.3, -0.25) is 5.10 Å². The number of nitrogens with zero attached hydrogens (tertiary/aromatic N) is 2. The molecule has 0 saturated carbocycles. The van der Waals surface area contributed by atoms with E-state index in [-0.39, 0.29) is 0 Å². The van der Waals surface area contributed by atoms with Gasteiger partial charge in [0.2, 0.25) is 0 Å². The molecule has 0 amide bonds. The number of fused-ring (bicyclic) bond motifs is 1. The number of pyridine rings is 1. The number of benzene rings is 2. The maximum absolute atomic E-state index is 5.44. The Morgan fingerprint density at radius 2 is 1.63 bits per heavy atom. The molecule has 4 rings (SSSR count). The van der Waals surface area contributed by atoms with Gasteiger partial charge in [-0.05, 0) is 60.6 Å². The molecule has 2 aromatic carbocycles. The summed E-state index contributed by atoms with van der Waals surface area (Å²) in [7, 11) is 3.20. The van der Waals surface area contributed by atoms with E-state index < -0.39 is 0 Å². The monoisotopic (exact) mass is 419 g/mol. The van der Waals surface area contributed by atoms with Crippen LogP contribution < -0.4 is 20.1 Å². The van der Waals surface area contributed by atoms with E-state index in [0.717, 1.165) is 33.6 Å². The van der Waals surface area contributed by atoms with E-state index in [2.05, 4.69) is 25.8 Å². The zero-order valence-corrected chi connectivity index (χ0v) is 17.6. The summed E-state index contributed by atoms with van der Waals surface area (Å²) >= 11 is 5.44. The second-order valence-corrected chi connectivity index (χ2v) is 7.04. The Bertz CT molecular complexity index is 1200. The zero-order chi connectivity index (χ0) is 21.1. The van der Waals surface area contributed by atoms with Crippen LogP contribution in [0.25, 0.3) is 22.2 Å². The number of aryl methyl sites for hydroxylation is 1. The molecule has 0 spiro atoms. The molecular weight excluding hydrogens is 398 g/mol. The molecule has 0 aliphatic heterocycles. The first-order valence-electron chi connectivity index (χ1n) is 9.29. The van der Waals surface area contributed by atoms with Crippen LogP contribution in [-0.2, 0) is 0 Å². The van der Waals surface area contributed by atoms with E-state index >= 15 is 0 Å². The molecule has 2 aromatic heterocycles. The van der Waals surface area contributed by atoms with Crippen molar-refractivity contribution in [2.75, 3.05) is 24.9 Å². The molecule has 0 bridgehead atoms. The third-order valence-corrected chi connectivity index (χ3v) is 4.93. The highest BCUT2D eigenvalue weighted by Gasteiger charge is 2.10. The van der Waals surface area contributed by atoms with Gasteiger partial charge in [0.05, 0.1) is 14.2 Å². The van der Waals surface area contributed by atoms with Crippen LogP contribution >= 0.6 is 12.2 Å². The van der Waals surface area contributed by atoms with Gasteiger partial charge in [0.15, 0.2) is 22.3 Å². The largest absolute Gasteiger partial charge is 0.493 e. The predicted molar refractivity (Wildman–Crippen MR) is 123 cm³/mol. The van der Waals surface area contributed by atoms with Crippen molar-refractivity contribution < 1.29 is 9.47 Å². The van der Waals surface area contributed by atoms with Crippen LogP contribution in [0, 0.1) is 6.92 Å². The van der Waals surface area contributed by atoms with Crippen LogP contribution in [0.5, 0.6) is 11.5 Å². The quantitative estimate of drug-likeness (QED) is 0.402. The average molecular weight is 420 g/mol.